The molecule has 0 bridgehead atoms. The number of hydrogen-bond donors (Lipinski definition) is 3. The molecular weight excluding hydrogens is 328 g/mol. The minimum atomic E-state index is -0.840. The molecule has 25 heavy (non-hydrogen) atoms. The third-order valence-electron chi connectivity index (χ3n) is 3.54. The quantitative estimate of drug-likeness (QED) is 0.483. The molecule has 3 aromatic heterocycles. The van der Waals surface area contributed by atoms with Gasteiger partial charge in [-0.15, -0.1) is 0 Å². The van der Waals surface area contributed by atoms with Gasteiger partial charge >= 0.3 is 5.97 Å². The summed E-state index contributed by atoms with van der Waals surface area (Å²) in [6.07, 6.45) is 6.04. The molecule has 0 radical (unpaired) electrons. The Morgan fingerprint density at radius 3 is 2.96 bits per heavy atom. The Bertz CT molecular complexity index is 889. The standard InChI is InChI=1S/C14H16N8O3/c1-25-14(24)9(2-8-3-16-5-17-8)21-10(23)4-22-7-20-11-12(15)18-6-19-13(11)22/h3,5-7,9H,2,4H2,1H3,(H,16,17)(H,21,23)(H2,15,18,19)/t9-/m1/s1. The van der Waals surface area contributed by atoms with Crippen molar-refractivity contribution >= 4 is 28.9 Å². The van der Waals surface area contributed by atoms with Crippen LogP contribution in [0.5, 0.6) is 0 Å². The van der Waals surface area contributed by atoms with E-state index in [0.29, 0.717) is 16.9 Å². The summed E-state index contributed by atoms with van der Waals surface area (Å²) in [5.41, 5.74) is 7.27. The highest BCUT2D eigenvalue weighted by Gasteiger charge is 2.23. The van der Waals surface area contributed by atoms with Crippen LogP contribution in [0.15, 0.2) is 25.2 Å². The number of hydrogen-bond acceptors (Lipinski definition) is 8. The molecule has 4 N–H and O–H groups in total. The van der Waals surface area contributed by atoms with Gasteiger partial charge in [0.2, 0.25) is 5.91 Å². The first-order chi connectivity index (χ1) is 12.1. The number of esters is 1. The smallest absolute Gasteiger partial charge is 0.328 e. The molecule has 11 nitrogen and oxygen atoms in total. The molecule has 0 fully saturated rings. The Kier molecular flexibility index (Phi) is 4.55. The van der Waals surface area contributed by atoms with Gasteiger partial charge in [0.15, 0.2) is 11.5 Å². The number of ether oxygens (including phenoxy) is 1. The Morgan fingerprint density at radius 2 is 2.24 bits per heavy atom. The normalized spacial score (nSPS) is 12.0. The number of nitrogens with zero attached hydrogens (tertiary/aromatic N) is 5. The second kappa shape index (κ2) is 6.95. The zero-order valence-electron chi connectivity index (χ0n) is 13.3. The number of H-pyrrole nitrogens is 1. The van der Waals surface area contributed by atoms with E-state index in [1.165, 1.54) is 30.7 Å². The number of imidazole rings is 2. The van der Waals surface area contributed by atoms with E-state index in [4.69, 9.17) is 10.5 Å². The van der Waals surface area contributed by atoms with Crippen molar-refractivity contribution < 1.29 is 14.3 Å². The monoisotopic (exact) mass is 344 g/mol. The van der Waals surface area contributed by atoms with Crippen molar-refractivity contribution in [2.75, 3.05) is 12.8 Å². The Balaban J connectivity index is 1.72. The third kappa shape index (κ3) is 3.54. The average Bonchev–Trinajstić information content (AvgIpc) is 3.24. The van der Waals surface area contributed by atoms with E-state index >= 15 is 0 Å². The Labute approximate surface area is 141 Å². The first-order valence-corrected chi connectivity index (χ1v) is 7.34. The van der Waals surface area contributed by atoms with Crippen LogP contribution in [0.4, 0.5) is 5.82 Å². The van der Waals surface area contributed by atoms with E-state index in [1.54, 1.807) is 6.20 Å². The summed E-state index contributed by atoms with van der Waals surface area (Å²) >= 11 is 0. The fraction of sp³-hybridized carbons (Fsp3) is 0.286. The predicted octanol–water partition coefficient (Wildman–Crippen LogP) is -0.968. The van der Waals surface area contributed by atoms with E-state index in [1.807, 2.05) is 0 Å². The number of nitrogen functional groups attached to an aromatic ring is 1. The van der Waals surface area contributed by atoms with E-state index in [-0.39, 0.29) is 18.8 Å². The summed E-state index contributed by atoms with van der Waals surface area (Å²) in [6, 6.07) is -0.840. The SMILES string of the molecule is COC(=O)[C@@H](Cc1cnc[nH]1)NC(=O)Cn1cnc2c(N)ncnc21. The van der Waals surface area contributed by atoms with Gasteiger partial charge in [0, 0.05) is 18.3 Å². The van der Waals surface area contributed by atoms with Crippen molar-refractivity contribution in [3.05, 3.63) is 30.9 Å². The van der Waals surface area contributed by atoms with Crippen LogP contribution in [0.3, 0.4) is 0 Å². The highest BCUT2D eigenvalue weighted by Crippen LogP contribution is 2.13. The fourth-order valence-corrected chi connectivity index (χ4v) is 2.36. The molecule has 0 spiro atoms. The highest BCUT2D eigenvalue weighted by molar-refractivity contribution is 5.86. The molecule has 0 aliphatic carbocycles. The van der Waals surface area contributed by atoms with Crippen molar-refractivity contribution in [1.82, 2.24) is 34.8 Å². The molecule has 3 aromatic rings. The maximum Gasteiger partial charge on any atom is 0.328 e. The van der Waals surface area contributed by atoms with Crippen LogP contribution in [-0.4, -0.2) is 54.5 Å². The van der Waals surface area contributed by atoms with E-state index in [2.05, 4.69) is 30.2 Å². The van der Waals surface area contributed by atoms with Gasteiger partial charge in [-0.3, -0.25) is 4.79 Å². The van der Waals surface area contributed by atoms with Crippen LogP contribution in [0, 0.1) is 0 Å². The van der Waals surface area contributed by atoms with Gasteiger partial charge in [-0.05, 0) is 0 Å². The number of carbonyl (C=O) groups excluding carboxylic acids is 2. The molecular formula is C14H16N8O3. The number of carbonyl (C=O) groups is 2. The third-order valence-corrected chi connectivity index (χ3v) is 3.54. The summed E-state index contributed by atoms with van der Waals surface area (Å²) in [4.78, 5) is 43.0. The summed E-state index contributed by atoms with van der Waals surface area (Å²) in [6.45, 7) is -0.0799. The Hall–Kier alpha value is -3.50. The number of amides is 1. The number of anilines is 1. The molecule has 0 saturated heterocycles. The lowest BCUT2D eigenvalue weighted by Crippen LogP contribution is -2.44. The molecule has 11 heteroatoms. The zero-order chi connectivity index (χ0) is 17.8. The highest BCUT2D eigenvalue weighted by atomic mass is 16.5. The average molecular weight is 344 g/mol. The lowest BCUT2D eigenvalue weighted by molar-refractivity contribution is -0.145. The summed E-state index contributed by atoms with van der Waals surface area (Å²) in [5, 5.41) is 2.64. The number of rotatable bonds is 6. The van der Waals surface area contributed by atoms with E-state index in [9.17, 15) is 9.59 Å². The predicted molar refractivity (Wildman–Crippen MR) is 86.0 cm³/mol. The second-order valence-corrected chi connectivity index (χ2v) is 5.23. The molecule has 0 aromatic carbocycles. The molecule has 0 aliphatic heterocycles. The Morgan fingerprint density at radius 1 is 1.40 bits per heavy atom. The topological polar surface area (TPSA) is 154 Å². The molecule has 1 amide bonds. The fourth-order valence-electron chi connectivity index (χ4n) is 2.36. The first kappa shape index (κ1) is 16.4. The van der Waals surface area contributed by atoms with Gasteiger partial charge in [-0.1, -0.05) is 0 Å². The van der Waals surface area contributed by atoms with Crippen LogP contribution in [0.2, 0.25) is 0 Å². The lowest BCUT2D eigenvalue weighted by Gasteiger charge is -2.16. The zero-order valence-corrected chi connectivity index (χ0v) is 13.3. The van der Waals surface area contributed by atoms with E-state index in [0.717, 1.165) is 0 Å². The van der Waals surface area contributed by atoms with Crippen LogP contribution in [-0.2, 0) is 27.3 Å². The summed E-state index contributed by atoms with van der Waals surface area (Å²) in [5.74, 6) is -0.716. The number of nitrogens with one attached hydrogen (secondary N) is 2. The van der Waals surface area contributed by atoms with Gasteiger partial charge in [-0.25, -0.2) is 24.7 Å². The van der Waals surface area contributed by atoms with Gasteiger partial charge in [0.05, 0.1) is 19.8 Å². The van der Waals surface area contributed by atoms with Crippen LogP contribution in [0.25, 0.3) is 11.2 Å². The van der Waals surface area contributed by atoms with Gasteiger partial charge in [0.1, 0.15) is 24.4 Å². The number of nitrogens with two attached hydrogens (primary N) is 1. The van der Waals surface area contributed by atoms with Gasteiger partial charge < -0.3 is 25.3 Å². The van der Waals surface area contributed by atoms with Crippen molar-refractivity contribution in [3.8, 4) is 0 Å². The number of aromatic nitrogens is 6. The molecule has 130 valence electrons. The minimum absolute atomic E-state index is 0.0799. The minimum Gasteiger partial charge on any atom is -0.467 e. The van der Waals surface area contributed by atoms with Crippen molar-refractivity contribution in [2.24, 2.45) is 0 Å². The molecule has 0 saturated carbocycles. The number of aromatic amines is 1. The van der Waals surface area contributed by atoms with Crippen LogP contribution < -0.4 is 11.1 Å². The maximum atomic E-state index is 12.3. The molecule has 1 atom stereocenters. The van der Waals surface area contributed by atoms with Crippen molar-refractivity contribution in [1.29, 1.82) is 0 Å². The lowest BCUT2D eigenvalue weighted by atomic mass is 10.1. The molecule has 0 aliphatic rings. The van der Waals surface area contributed by atoms with E-state index < -0.39 is 17.9 Å². The molecule has 0 unspecified atom stereocenters. The van der Waals surface area contributed by atoms with Gasteiger partial charge in [0.25, 0.3) is 0 Å². The maximum absolute atomic E-state index is 12.3. The molecule has 3 rings (SSSR count). The molecule has 3 heterocycles. The van der Waals surface area contributed by atoms with Gasteiger partial charge in [-0.2, -0.15) is 0 Å². The second-order valence-electron chi connectivity index (χ2n) is 5.23. The van der Waals surface area contributed by atoms with Crippen molar-refractivity contribution in [2.45, 2.75) is 19.0 Å². The first-order valence-electron chi connectivity index (χ1n) is 7.34. The van der Waals surface area contributed by atoms with Crippen LogP contribution >= 0.6 is 0 Å². The summed E-state index contributed by atoms with van der Waals surface area (Å²) < 4.78 is 6.26. The largest absolute Gasteiger partial charge is 0.467 e. The van der Waals surface area contributed by atoms with Crippen molar-refractivity contribution in [3.63, 3.8) is 0 Å². The number of methoxy groups -OCH3 is 1. The van der Waals surface area contributed by atoms with Crippen LogP contribution in [0.1, 0.15) is 5.69 Å². The number of fused-ring (bicyclic) bond motifs is 1. The summed E-state index contributed by atoms with van der Waals surface area (Å²) in [7, 11) is 1.26.